The monoisotopic (exact) mass is 290 g/mol. The second kappa shape index (κ2) is 7.24. The molecule has 108 valence electrons. The predicted molar refractivity (Wildman–Crippen MR) is 86.6 cm³/mol. The molecule has 4 nitrogen and oxygen atoms in total. The Hall–Kier alpha value is -1.62. The highest BCUT2D eigenvalue weighted by atomic mass is 32.1. The first-order valence-electron chi connectivity index (χ1n) is 7.11. The third-order valence-electron chi connectivity index (χ3n) is 3.18. The van der Waals surface area contributed by atoms with Gasteiger partial charge in [-0.2, -0.15) is 0 Å². The maximum absolute atomic E-state index is 4.39. The fraction of sp³-hybridized carbons (Fsp3) is 0.467. The molecule has 0 unspecified atom stereocenters. The van der Waals surface area contributed by atoms with E-state index >= 15 is 0 Å². The molecular formula is C15H22N4S. The number of rotatable bonds is 7. The molecule has 5 heteroatoms. The first-order valence-corrected chi connectivity index (χ1v) is 7.93. The van der Waals surface area contributed by atoms with Crippen LogP contribution in [0, 0.1) is 0 Å². The summed E-state index contributed by atoms with van der Waals surface area (Å²) in [5.74, 6) is 1.86. The minimum Gasteiger partial charge on any atom is -0.373 e. The van der Waals surface area contributed by atoms with Gasteiger partial charge < -0.3 is 10.6 Å². The van der Waals surface area contributed by atoms with Crippen LogP contribution in [-0.4, -0.2) is 17.0 Å². The number of aryl methyl sites for hydroxylation is 1. The van der Waals surface area contributed by atoms with E-state index in [1.165, 1.54) is 15.3 Å². The van der Waals surface area contributed by atoms with Gasteiger partial charge in [0, 0.05) is 22.4 Å². The molecule has 0 fully saturated rings. The standard InChI is InChI=1S/C15H22N4S/c1-4-6-13-14(16-3)18-10-19-15(13)17-9-12-8-7-11(5-2)20-12/h7-8,10H,4-6,9H2,1-3H3,(H2,16,17,18,19). The van der Waals surface area contributed by atoms with Crippen molar-refractivity contribution in [2.45, 2.75) is 39.7 Å². The van der Waals surface area contributed by atoms with Gasteiger partial charge in [0.2, 0.25) is 0 Å². The van der Waals surface area contributed by atoms with Gasteiger partial charge in [0.15, 0.2) is 0 Å². The lowest BCUT2D eigenvalue weighted by Gasteiger charge is -2.13. The van der Waals surface area contributed by atoms with Gasteiger partial charge in [0.1, 0.15) is 18.0 Å². The third kappa shape index (κ3) is 3.48. The third-order valence-corrected chi connectivity index (χ3v) is 4.41. The molecule has 0 aromatic carbocycles. The van der Waals surface area contributed by atoms with E-state index in [0.717, 1.165) is 37.4 Å². The molecule has 0 saturated carbocycles. The van der Waals surface area contributed by atoms with E-state index in [2.05, 4.69) is 46.6 Å². The molecule has 0 spiro atoms. The van der Waals surface area contributed by atoms with Crippen LogP contribution in [0.5, 0.6) is 0 Å². The van der Waals surface area contributed by atoms with Gasteiger partial charge in [-0.15, -0.1) is 11.3 Å². The van der Waals surface area contributed by atoms with Gasteiger partial charge in [0.25, 0.3) is 0 Å². The quantitative estimate of drug-likeness (QED) is 0.816. The van der Waals surface area contributed by atoms with Crippen LogP contribution in [0.3, 0.4) is 0 Å². The minimum atomic E-state index is 0.821. The van der Waals surface area contributed by atoms with Crippen molar-refractivity contribution in [1.82, 2.24) is 9.97 Å². The van der Waals surface area contributed by atoms with Crippen LogP contribution in [0.1, 0.15) is 35.6 Å². The summed E-state index contributed by atoms with van der Waals surface area (Å²) in [5, 5.41) is 6.59. The Bertz CT molecular complexity index is 551. The average Bonchev–Trinajstić information content (AvgIpc) is 2.94. The summed E-state index contributed by atoms with van der Waals surface area (Å²) in [5.41, 5.74) is 1.17. The molecule has 2 heterocycles. The lowest BCUT2D eigenvalue weighted by atomic mass is 10.1. The number of anilines is 2. The number of thiophene rings is 1. The Balaban J connectivity index is 2.11. The Morgan fingerprint density at radius 3 is 2.50 bits per heavy atom. The molecule has 0 amide bonds. The zero-order chi connectivity index (χ0) is 14.4. The first kappa shape index (κ1) is 14.8. The van der Waals surface area contributed by atoms with Crippen LogP contribution in [0.2, 0.25) is 0 Å². The summed E-state index contributed by atoms with van der Waals surface area (Å²) in [6, 6.07) is 4.39. The van der Waals surface area contributed by atoms with E-state index in [9.17, 15) is 0 Å². The molecule has 2 N–H and O–H groups in total. The van der Waals surface area contributed by atoms with Crippen LogP contribution in [0.4, 0.5) is 11.6 Å². The van der Waals surface area contributed by atoms with Crippen molar-refractivity contribution >= 4 is 23.0 Å². The molecular weight excluding hydrogens is 268 g/mol. The highest BCUT2D eigenvalue weighted by Gasteiger charge is 2.09. The largest absolute Gasteiger partial charge is 0.373 e. The number of hydrogen-bond acceptors (Lipinski definition) is 5. The lowest BCUT2D eigenvalue weighted by Crippen LogP contribution is -2.08. The van der Waals surface area contributed by atoms with Crippen LogP contribution in [0.15, 0.2) is 18.5 Å². The first-order chi connectivity index (χ1) is 9.78. The zero-order valence-electron chi connectivity index (χ0n) is 12.4. The van der Waals surface area contributed by atoms with Crippen molar-refractivity contribution in [3.63, 3.8) is 0 Å². The van der Waals surface area contributed by atoms with Crippen molar-refractivity contribution in [2.75, 3.05) is 17.7 Å². The lowest BCUT2D eigenvalue weighted by molar-refractivity contribution is 0.899. The highest BCUT2D eigenvalue weighted by molar-refractivity contribution is 7.12. The summed E-state index contributed by atoms with van der Waals surface area (Å²) in [6.07, 6.45) is 4.77. The molecule has 2 aromatic heterocycles. The Morgan fingerprint density at radius 2 is 1.85 bits per heavy atom. The highest BCUT2D eigenvalue weighted by Crippen LogP contribution is 2.23. The van der Waals surface area contributed by atoms with Crippen LogP contribution in [0.25, 0.3) is 0 Å². The molecule has 20 heavy (non-hydrogen) atoms. The van der Waals surface area contributed by atoms with Gasteiger partial charge in [-0.25, -0.2) is 9.97 Å². The van der Waals surface area contributed by atoms with Gasteiger partial charge in [-0.05, 0) is 25.0 Å². The molecule has 0 saturated heterocycles. The molecule has 0 bridgehead atoms. The minimum absolute atomic E-state index is 0.821. The van der Waals surface area contributed by atoms with Crippen molar-refractivity contribution < 1.29 is 0 Å². The molecule has 0 atom stereocenters. The maximum atomic E-state index is 4.39. The Labute approximate surface area is 124 Å². The number of nitrogens with one attached hydrogen (secondary N) is 2. The van der Waals surface area contributed by atoms with Crippen molar-refractivity contribution in [1.29, 1.82) is 0 Å². The Kier molecular flexibility index (Phi) is 5.35. The summed E-state index contributed by atoms with van der Waals surface area (Å²) in [6.45, 7) is 5.18. The summed E-state index contributed by atoms with van der Waals surface area (Å²) < 4.78 is 0. The molecule has 2 aromatic rings. The van der Waals surface area contributed by atoms with E-state index in [4.69, 9.17) is 0 Å². The normalized spacial score (nSPS) is 10.6. The summed E-state index contributed by atoms with van der Waals surface area (Å²) in [4.78, 5) is 11.4. The van der Waals surface area contributed by atoms with Crippen LogP contribution in [-0.2, 0) is 19.4 Å². The number of nitrogens with zero attached hydrogens (tertiary/aromatic N) is 2. The van der Waals surface area contributed by atoms with E-state index in [1.807, 2.05) is 18.4 Å². The fourth-order valence-electron chi connectivity index (χ4n) is 2.15. The van der Waals surface area contributed by atoms with E-state index in [1.54, 1.807) is 6.33 Å². The van der Waals surface area contributed by atoms with Gasteiger partial charge in [0.05, 0.1) is 6.54 Å². The average molecular weight is 290 g/mol. The molecule has 0 aliphatic rings. The molecule has 0 aliphatic heterocycles. The van der Waals surface area contributed by atoms with Gasteiger partial charge >= 0.3 is 0 Å². The molecule has 0 aliphatic carbocycles. The van der Waals surface area contributed by atoms with E-state index < -0.39 is 0 Å². The fourth-order valence-corrected chi connectivity index (χ4v) is 3.04. The summed E-state index contributed by atoms with van der Waals surface area (Å²) >= 11 is 1.86. The van der Waals surface area contributed by atoms with Gasteiger partial charge in [-0.3, -0.25) is 0 Å². The smallest absolute Gasteiger partial charge is 0.135 e. The van der Waals surface area contributed by atoms with Gasteiger partial charge in [-0.1, -0.05) is 20.3 Å². The van der Waals surface area contributed by atoms with Crippen molar-refractivity contribution in [3.8, 4) is 0 Å². The molecule has 0 radical (unpaired) electrons. The van der Waals surface area contributed by atoms with Crippen LogP contribution < -0.4 is 10.6 Å². The Morgan fingerprint density at radius 1 is 1.10 bits per heavy atom. The SMILES string of the molecule is CCCc1c(NC)ncnc1NCc1ccc(CC)s1. The molecule has 2 rings (SSSR count). The maximum Gasteiger partial charge on any atom is 0.135 e. The van der Waals surface area contributed by atoms with E-state index in [-0.39, 0.29) is 0 Å². The predicted octanol–water partition coefficient (Wildman–Crippen LogP) is 3.71. The zero-order valence-corrected chi connectivity index (χ0v) is 13.2. The number of aromatic nitrogens is 2. The van der Waals surface area contributed by atoms with Crippen molar-refractivity contribution in [2.24, 2.45) is 0 Å². The van der Waals surface area contributed by atoms with Crippen LogP contribution >= 0.6 is 11.3 Å². The van der Waals surface area contributed by atoms with Crippen molar-refractivity contribution in [3.05, 3.63) is 33.8 Å². The number of hydrogen-bond donors (Lipinski definition) is 2. The van der Waals surface area contributed by atoms with E-state index in [0.29, 0.717) is 0 Å². The second-order valence-electron chi connectivity index (χ2n) is 4.62. The topological polar surface area (TPSA) is 49.8 Å². The summed E-state index contributed by atoms with van der Waals surface area (Å²) in [7, 11) is 1.90. The second-order valence-corrected chi connectivity index (χ2v) is 5.88.